The zero-order valence-electron chi connectivity index (χ0n) is 9.93. The van der Waals surface area contributed by atoms with E-state index in [-0.39, 0.29) is 11.9 Å². The number of hydrogen-bond acceptors (Lipinski definition) is 5. The lowest BCUT2D eigenvalue weighted by Crippen LogP contribution is -2.21. The van der Waals surface area contributed by atoms with Gasteiger partial charge in [0.15, 0.2) is 0 Å². The van der Waals surface area contributed by atoms with Crippen molar-refractivity contribution in [3.63, 3.8) is 0 Å². The minimum atomic E-state index is -0.450. The molecule has 16 heavy (non-hydrogen) atoms. The molecule has 0 aromatic carbocycles. The third-order valence-corrected chi connectivity index (χ3v) is 2.30. The van der Waals surface area contributed by atoms with Crippen LogP contribution >= 0.6 is 0 Å². The topological polar surface area (TPSA) is 61.3 Å². The fraction of sp³-hybridized carbons (Fsp3) is 0.545. The molecular formula is C11H16N2O3. The van der Waals surface area contributed by atoms with Crippen LogP contribution in [-0.2, 0) is 9.53 Å². The minimum absolute atomic E-state index is 0.0676. The molecule has 1 aromatic rings. The van der Waals surface area contributed by atoms with Gasteiger partial charge in [0.05, 0.1) is 14.2 Å². The monoisotopic (exact) mass is 224 g/mol. The summed E-state index contributed by atoms with van der Waals surface area (Å²) in [6.07, 6.45) is 3.06. The first-order valence-corrected chi connectivity index (χ1v) is 5.04. The molecule has 5 heteroatoms. The minimum Gasteiger partial charge on any atom is -0.480 e. The van der Waals surface area contributed by atoms with Crippen molar-refractivity contribution in [3.8, 4) is 5.88 Å². The number of rotatable bonds is 4. The highest BCUT2D eigenvalue weighted by Crippen LogP contribution is 2.29. The van der Waals surface area contributed by atoms with Crippen LogP contribution in [-0.4, -0.2) is 30.2 Å². The molecule has 1 aromatic heterocycles. The standard InChI is InChI=1S/C11H16N2O3/c1-7(2)8(11(14)16-4)9-10(15-3)13-6-5-12-9/h5-8H,1-4H3. The van der Waals surface area contributed by atoms with Crippen LogP contribution in [0, 0.1) is 5.92 Å². The SMILES string of the molecule is COC(=O)C(c1nccnc1OC)C(C)C. The molecule has 0 spiro atoms. The zero-order chi connectivity index (χ0) is 12.1. The van der Waals surface area contributed by atoms with Gasteiger partial charge in [-0.3, -0.25) is 9.78 Å². The summed E-state index contributed by atoms with van der Waals surface area (Å²) in [4.78, 5) is 19.9. The summed E-state index contributed by atoms with van der Waals surface area (Å²) in [7, 11) is 2.86. The van der Waals surface area contributed by atoms with E-state index in [0.717, 1.165) is 0 Å². The largest absolute Gasteiger partial charge is 0.480 e. The highest BCUT2D eigenvalue weighted by molar-refractivity contribution is 5.78. The van der Waals surface area contributed by atoms with Gasteiger partial charge in [0, 0.05) is 12.4 Å². The highest BCUT2D eigenvalue weighted by atomic mass is 16.5. The molecule has 88 valence electrons. The number of methoxy groups -OCH3 is 2. The van der Waals surface area contributed by atoms with E-state index in [4.69, 9.17) is 9.47 Å². The van der Waals surface area contributed by atoms with Crippen LogP contribution < -0.4 is 4.74 Å². The van der Waals surface area contributed by atoms with Crippen LogP contribution in [0.1, 0.15) is 25.5 Å². The van der Waals surface area contributed by atoms with Crippen molar-refractivity contribution in [2.75, 3.05) is 14.2 Å². The first kappa shape index (κ1) is 12.4. The average Bonchev–Trinajstić information content (AvgIpc) is 2.29. The molecule has 0 saturated heterocycles. The third kappa shape index (κ3) is 2.48. The van der Waals surface area contributed by atoms with Gasteiger partial charge in [-0.2, -0.15) is 0 Å². The predicted octanol–water partition coefficient (Wildman–Crippen LogP) is 1.40. The van der Waals surface area contributed by atoms with Crippen molar-refractivity contribution in [3.05, 3.63) is 18.1 Å². The lowest BCUT2D eigenvalue weighted by atomic mass is 9.92. The Morgan fingerprint density at radius 2 is 1.88 bits per heavy atom. The highest BCUT2D eigenvalue weighted by Gasteiger charge is 2.29. The summed E-state index contributed by atoms with van der Waals surface area (Å²) in [6, 6.07) is 0. The summed E-state index contributed by atoms with van der Waals surface area (Å²) in [6.45, 7) is 3.85. The molecule has 0 aliphatic carbocycles. The second-order valence-corrected chi connectivity index (χ2v) is 3.70. The fourth-order valence-electron chi connectivity index (χ4n) is 1.53. The maximum Gasteiger partial charge on any atom is 0.315 e. The number of hydrogen-bond donors (Lipinski definition) is 0. The van der Waals surface area contributed by atoms with Crippen molar-refractivity contribution in [1.82, 2.24) is 9.97 Å². The van der Waals surface area contributed by atoms with Gasteiger partial charge >= 0.3 is 5.97 Å². The molecule has 0 fully saturated rings. The fourth-order valence-corrected chi connectivity index (χ4v) is 1.53. The Morgan fingerprint density at radius 3 is 2.38 bits per heavy atom. The van der Waals surface area contributed by atoms with Gasteiger partial charge in [0.2, 0.25) is 5.88 Å². The van der Waals surface area contributed by atoms with Gasteiger partial charge in [-0.1, -0.05) is 13.8 Å². The summed E-state index contributed by atoms with van der Waals surface area (Å²) in [5, 5.41) is 0. The Morgan fingerprint density at radius 1 is 1.25 bits per heavy atom. The van der Waals surface area contributed by atoms with Gasteiger partial charge in [-0.25, -0.2) is 4.98 Å². The van der Waals surface area contributed by atoms with E-state index < -0.39 is 5.92 Å². The second-order valence-electron chi connectivity index (χ2n) is 3.70. The van der Waals surface area contributed by atoms with Crippen molar-refractivity contribution in [2.24, 2.45) is 5.92 Å². The van der Waals surface area contributed by atoms with Crippen molar-refractivity contribution in [1.29, 1.82) is 0 Å². The van der Waals surface area contributed by atoms with Gasteiger partial charge in [0.1, 0.15) is 11.6 Å². The summed E-state index contributed by atoms with van der Waals surface area (Å²) in [5.74, 6) is -0.341. The summed E-state index contributed by atoms with van der Waals surface area (Å²) >= 11 is 0. The first-order chi connectivity index (χ1) is 7.61. The smallest absolute Gasteiger partial charge is 0.315 e. The van der Waals surface area contributed by atoms with Crippen LogP contribution in [0.4, 0.5) is 0 Å². The van der Waals surface area contributed by atoms with Crippen LogP contribution in [0.5, 0.6) is 5.88 Å². The lowest BCUT2D eigenvalue weighted by Gasteiger charge is -2.18. The van der Waals surface area contributed by atoms with Gasteiger partial charge in [-0.05, 0) is 5.92 Å². The van der Waals surface area contributed by atoms with Crippen molar-refractivity contribution >= 4 is 5.97 Å². The van der Waals surface area contributed by atoms with E-state index in [9.17, 15) is 4.79 Å². The molecular weight excluding hydrogens is 208 g/mol. The molecule has 0 saturated carbocycles. The van der Waals surface area contributed by atoms with Crippen LogP contribution in [0.25, 0.3) is 0 Å². The number of carbonyl (C=O) groups excluding carboxylic acids is 1. The molecule has 0 amide bonds. The number of esters is 1. The van der Waals surface area contributed by atoms with Gasteiger partial charge < -0.3 is 9.47 Å². The lowest BCUT2D eigenvalue weighted by molar-refractivity contribution is -0.143. The predicted molar refractivity (Wildman–Crippen MR) is 58.2 cm³/mol. The van der Waals surface area contributed by atoms with E-state index in [2.05, 4.69) is 9.97 Å². The quantitative estimate of drug-likeness (QED) is 0.723. The molecule has 1 atom stereocenters. The molecule has 0 radical (unpaired) electrons. The third-order valence-electron chi connectivity index (χ3n) is 2.30. The normalized spacial score (nSPS) is 12.3. The molecule has 1 unspecified atom stereocenters. The van der Waals surface area contributed by atoms with Crippen LogP contribution in [0.15, 0.2) is 12.4 Å². The Labute approximate surface area is 94.8 Å². The Bertz CT molecular complexity index is 366. The first-order valence-electron chi connectivity index (χ1n) is 5.04. The van der Waals surface area contributed by atoms with E-state index in [1.165, 1.54) is 26.6 Å². The molecule has 1 heterocycles. The molecule has 0 aliphatic heterocycles. The van der Waals surface area contributed by atoms with Crippen LogP contribution in [0.2, 0.25) is 0 Å². The average molecular weight is 224 g/mol. The molecule has 0 aliphatic rings. The molecule has 1 rings (SSSR count). The zero-order valence-corrected chi connectivity index (χ0v) is 9.93. The summed E-state index contributed by atoms with van der Waals surface area (Å²) < 4.78 is 9.86. The van der Waals surface area contributed by atoms with E-state index >= 15 is 0 Å². The Hall–Kier alpha value is -1.65. The van der Waals surface area contributed by atoms with E-state index in [1.54, 1.807) is 0 Å². The van der Waals surface area contributed by atoms with E-state index in [0.29, 0.717) is 11.6 Å². The van der Waals surface area contributed by atoms with Crippen molar-refractivity contribution < 1.29 is 14.3 Å². The van der Waals surface area contributed by atoms with Crippen LogP contribution in [0.3, 0.4) is 0 Å². The maximum atomic E-state index is 11.7. The molecule has 0 N–H and O–H groups in total. The molecule has 5 nitrogen and oxygen atoms in total. The number of nitrogens with zero attached hydrogens (tertiary/aromatic N) is 2. The number of ether oxygens (including phenoxy) is 2. The van der Waals surface area contributed by atoms with Gasteiger partial charge in [-0.15, -0.1) is 0 Å². The Balaban J connectivity index is 3.15. The maximum absolute atomic E-state index is 11.7. The number of carbonyl (C=O) groups is 1. The second kappa shape index (κ2) is 5.44. The Kier molecular flexibility index (Phi) is 4.22. The van der Waals surface area contributed by atoms with E-state index in [1.807, 2.05) is 13.8 Å². The number of aromatic nitrogens is 2. The van der Waals surface area contributed by atoms with Gasteiger partial charge in [0.25, 0.3) is 0 Å². The molecule has 0 bridgehead atoms. The summed E-state index contributed by atoms with van der Waals surface area (Å²) in [5.41, 5.74) is 0.520. The van der Waals surface area contributed by atoms with Crippen molar-refractivity contribution in [2.45, 2.75) is 19.8 Å².